The van der Waals surface area contributed by atoms with Crippen LogP contribution in [0.1, 0.15) is 17.3 Å². The molecule has 0 saturated heterocycles. The number of thioether (sulfide) groups is 1. The molecule has 19 heavy (non-hydrogen) atoms. The molecule has 0 bridgehead atoms. The van der Waals surface area contributed by atoms with Gasteiger partial charge in [0.1, 0.15) is 0 Å². The smallest absolute Gasteiger partial charge is 0.294 e. The van der Waals surface area contributed by atoms with E-state index in [-0.39, 0.29) is 0 Å². The molecule has 2 rings (SSSR count). The maximum atomic E-state index is 12.2. The van der Waals surface area contributed by atoms with E-state index in [1.165, 1.54) is 4.90 Å². The van der Waals surface area contributed by atoms with Crippen molar-refractivity contribution in [1.29, 1.82) is 0 Å². The maximum Gasteiger partial charge on any atom is 0.294 e. The van der Waals surface area contributed by atoms with Crippen LogP contribution in [0.3, 0.4) is 0 Å². The van der Waals surface area contributed by atoms with Gasteiger partial charge >= 0.3 is 0 Å². The number of ketones is 1. The first kappa shape index (κ1) is 13.7. The molecule has 5 heteroatoms. The Hall–Kier alpha value is -1.75. The number of nitrogens with one attached hydrogen (secondary N) is 1. The number of likely N-dealkylation sites (N-methyl/N-ethyl adjacent to an activating group) is 1. The van der Waals surface area contributed by atoms with E-state index in [0.29, 0.717) is 12.1 Å². The number of carbonyl (C=O) groups excluding carboxylic acids is 2. The van der Waals surface area contributed by atoms with Crippen LogP contribution in [0.2, 0.25) is 0 Å². The minimum Gasteiger partial charge on any atom is -0.360 e. The standard InChI is InChI=1S/C14H16N2O2S/c1-4-16(2)14(18)13(17)11-8-15-12-6-5-9(19-3)7-10(11)12/h5-8,15H,4H2,1-3H3. The van der Waals surface area contributed by atoms with Crippen LogP contribution >= 0.6 is 11.8 Å². The number of aromatic nitrogens is 1. The second-order valence-corrected chi connectivity index (χ2v) is 5.14. The second-order valence-electron chi connectivity index (χ2n) is 4.26. The van der Waals surface area contributed by atoms with Crippen LogP contribution in [0.15, 0.2) is 29.3 Å². The molecule has 0 aliphatic carbocycles. The SMILES string of the molecule is CCN(C)C(=O)C(=O)c1c[nH]c2ccc(SC)cc12. The minimum atomic E-state index is -0.474. The van der Waals surface area contributed by atoms with Gasteiger partial charge in [-0.2, -0.15) is 0 Å². The number of hydrogen-bond donors (Lipinski definition) is 1. The van der Waals surface area contributed by atoms with Crippen molar-refractivity contribution in [3.8, 4) is 0 Å². The number of amides is 1. The van der Waals surface area contributed by atoms with E-state index in [2.05, 4.69) is 4.98 Å². The molecule has 100 valence electrons. The Morgan fingerprint density at radius 2 is 2.11 bits per heavy atom. The summed E-state index contributed by atoms with van der Waals surface area (Å²) in [7, 11) is 1.63. The number of carbonyl (C=O) groups is 2. The molecule has 0 spiro atoms. The van der Waals surface area contributed by atoms with Gasteiger partial charge in [0.2, 0.25) is 0 Å². The molecular weight excluding hydrogens is 260 g/mol. The van der Waals surface area contributed by atoms with Gasteiger partial charge in [-0.15, -0.1) is 11.8 Å². The predicted octanol–water partition coefficient (Wildman–Crippen LogP) is 2.55. The van der Waals surface area contributed by atoms with Gasteiger partial charge in [-0.05, 0) is 31.4 Å². The summed E-state index contributed by atoms with van der Waals surface area (Å²) in [5.74, 6) is -0.938. The largest absolute Gasteiger partial charge is 0.360 e. The number of nitrogens with zero attached hydrogens (tertiary/aromatic N) is 1. The Bertz CT molecular complexity index is 633. The summed E-state index contributed by atoms with van der Waals surface area (Å²) in [5, 5.41) is 0.801. The van der Waals surface area contributed by atoms with Crippen LogP contribution in [0, 0.1) is 0 Å². The summed E-state index contributed by atoms with van der Waals surface area (Å²) in [5.41, 5.74) is 1.31. The number of aromatic amines is 1. The van der Waals surface area contributed by atoms with Gasteiger partial charge in [-0.3, -0.25) is 9.59 Å². The summed E-state index contributed by atoms with van der Waals surface area (Å²) < 4.78 is 0. The van der Waals surface area contributed by atoms with Crippen molar-refractivity contribution in [1.82, 2.24) is 9.88 Å². The van der Waals surface area contributed by atoms with Gasteiger partial charge in [0.05, 0.1) is 5.56 Å². The molecular formula is C14H16N2O2S. The van der Waals surface area contributed by atoms with E-state index in [9.17, 15) is 9.59 Å². The molecule has 2 aromatic rings. The predicted molar refractivity (Wildman–Crippen MR) is 77.7 cm³/mol. The van der Waals surface area contributed by atoms with E-state index < -0.39 is 11.7 Å². The molecule has 1 N–H and O–H groups in total. The van der Waals surface area contributed by atoms with Gasteiger partial charge in [0.15, 0.2) is 0 Å². The van der Waals surface area contributed by atoms with Crippen molar-refractivity contribution in [3.05, 3.63) is 30.0 Å². The maximum absolute atomic E-state index is 12.2. The summed E-state index contributed by atoms with van der Waals surface area (Å²) in [4.78, 5) is 29.6. The Morgan fingerprint density at radius 1 is 1.37 bits per heavy atom. The summed E-state index contributed by atoms with van der Waals surface area (Å²) in [6, 6.07) is 5.84. The number of H-pyrrole nitrogens is 1. The van der Waals surface area contributed by atoms with Gasteiger partial charge in [0.25, 0.3) is 11.7 Å². The lowest BCUT2D eigenvalue weighted by Gasteiger charge is -2.12. The normalized spacial score (nSPS) is 10.7. The van der Waals surface area contributed by atoms with Crippen molar-refractivity contribution < 1.29 is 9.59 Å². The molecule has 0 unspecified atom stereocenters. The lowest BCUT2D eigenvalue weighted by molar-refractivity contribution is -0.125. The zero-order valence-corrected chi connectivity index (χ0v) is 12.0. The highest BCUT2D eigenvalue weighted by Crippen LogP contribution is 2.24. The molecule has 0 saturated carbocycles. The van der Waals surface area contributed by atoms with E-state index >= 15 is 0 Å². The average Bonchev–Trinajstić information content (AvgIpc) is 2.87. The zero-order valence-electron chi connectivity index (χ0n) is 11.2. The van der Waals surface area contributed by atoms with Gasteiger partial charge < -0.3 is 9.88 Å². The molecule has 1 aromatic carbocycles. The summed E-state index contributed by atoms with van der Waals surface area (Å²) in [6.45, 7) is 2.36. The number of rotatable bonds is 4. The van der Waals surface area contributed by atoms with Crippen molar-refractivity contribution in [3.63, 3.8) is 0 Å². The second kappa shape index (κ2) is 5.48. The summed E-state index contributed by atoms with van der Waals surface area (Å²) in [6.07, 6.45) is 3.59. The third-order valence-electron chi connectivity index (χ3n) is 3.15. The molecule has 0 radical (unpaired) electrons. The highest BCUT2D eigenvalue weighted by atomic mass is 32.2. The Balaban J connectivity index is 2.45. The van der Waals surface area contributed by atoms with Crippen LogP contribution in [-0.4, -0.2) is 41.4 Å². The highest BCUT2D eigenvalue weighted by molar-refractivity contribution is 7.98. The van der Waals surface area contributed by atoms with Crippen molar-refractivity contribution in [2.24, 2.45) is 0 Å². The first-order chi connectivity index (χ1) is 9.08. The van der Waals surface area contributed by atoms with Gasteiger partial charge in [0, 0.05) is 35.6 Å². The van der Waals surface area contributed by atoms with E-state index in [1.54, 1.807) is 25.0 Å². The van der Waals surface area contributed by atoms with Gasteiger partial charge in [-0.25, -0.2) is 0 Å². The van der Waals surface area contributed by atoms with Crippen LogP contribution in [0.4, 0.5) is 0 Å². The van der Waals surface area contributed by atoms with Gasteiger partial charge in [-0.1, -0.05) is 0 Å². The van der Waals surface area contributed by atoms with Crippen LogP contribution in [0.25, 0.3) is 10.9 Å². The van der Waals surface area contributed by atoms with Crippen LogP contribution in [0.5, 0.6) is 0 Å². The van der Waals surface area contributed by atoms with Crippen molar-refractivity contribution in [2.45, 2.75) is 11.8 Å². The first-order valence-electron chi connectivity index (χ1n) is 6.03. The minimum absolute atomic E-state index is 0.441. The number of fused-ring (bicyclic) bond motifs is 1. The first-order valence-corrected chi connectivity index (χ1v) is 7.25. The van der Waals surface area contributed by atoms with Crippen LogP contribution in [-0.2, 0) is 4.79 Å². The van der Waals surface area contributed by atoms with Crippen molar-refractivity contribution >= 4 is 34.4 Å². The number of Topliss-reactive ketones (excluding diaryl/α,β-unsaturated/α-hetero) is 1. The third-order valence-corrected chi connectivity index (χ3v) is 3.87. The molecule has 1 aromatic heterocycles. The number of hydrogen-bond acceptors (Lipinski definition) is 3. The molecule has 1 amide bonds. The molecule has 0 fully saturated rings. The zero-order chi connectivity index (χ0) is 14.0. The quantitative estimate of drug-likeness (QED) is 0.530. The van der Waals surface area contributed by atoms with Crippen LogP contribution < -0.4 is 0 Å². The fourth-order valence-electron chi connectivity index (χ4n) is 1.85. The Morgan fingerprint density at radius 3 is 2.74 bits per heavy atom. The average molecular weight is 276 g/mol. The Labute approximate surface area is 116 Å². The lowest BCUT2D eigenvalue weighted by Crippen LogP contribution is -2.32. The fraction of sp³-hybridized carbons (Fsp3) is 0.286. The molecule has 1 heterocycles. The molecule has 0 atom stereocenters. The topological polar surface area (TPSA) is 53.2 Å². The molecule has 4 nitrogen and oxygen atoms in total. The monoisotopic (exact) mass is 276 g/mol. The lowest BCUT2D eigenvalue weighted by atomic mass is 10.1. The van der Waals surface area contributed by atoms with E-state index in [0.717, 1.165) is 15.8 Å². The highest BCUT2D eigenvalue weighted by Gasteiger charge is 2.22. The van der Waals surface area contributed by atoms with Crippen molar-refractivity contribution in [2.75, 3.05) is 19.8 Å². The van der Waals surface area contributed by atoms with E-state index in [4.69, 9.17) is 0 Å². The fourth-order valence-corrected chi connectivity index (χ4v) is 2.29. The summed E-state index contributed by atoms with van der Waals surface area (Å²) >= 11 is 1.61. The Kier molecular flexibility index (Phi) is 3.95. The number of benzene rings is 1. The van der Waals surface area contributed by atoms with E-state index in [1.807, 2.05) is 31.4 Å². The molecule has 0 aliphatic heterocycles. The third kappa shape index (κ3) is 2.51. The molecule has 0 aliphatic rings.